The van der Waals surface area contributed by atoms with Crippen LogP contribution < -0.4 is 0 Å². The summed E-state index contributed by atoms with van der Waals surface area (Å²) in [6, 6.07) is 0. The summed E-state index contributed by atoms with van der Waals surface area (Å²) in [6.45, 7) is -3.49. The van der Waals surface area contributed by atoms with Crippen LogP contribution in [0.15, 0.2) is 0 Å². The Labute approximate surface area is 149 Å². The highest BCUT2D eigenvalue weighted by atomic mass is 32.3. The molecule has 0 aromatic carbocycles. The van der Waals surface area contributed by atoms with Crippen LogP contribution in [0, 0.1) is 0 Å². The SMILES string of the molecule is C[Si](C)(OS(=O)(=O)OCC(F)(F)C(F)F)OS(=O)(=O)OCC(F)(F)C(F)F. The Morgan fingerprint density at radius 2 is 1.00 bits per heavy atom. The topological polar surface area (TPSA) is 105 Å². The molecule has 0 aliphatic heterocycles. The van der Waals surface area contributed by atoms with Gasteiger partial charge in [-0.1, -0.05) is 0 Å². The summed E-state index contributed by atoms with van der Waals surface area (Å²) < 4.78 is 158. The maximum absolute atomic E-state index is 12.6. The Morgan fingerprint density at radius 1 is 0.741 bits per heavy atom. The summed E-state index contributed by atoms with van der Waals surface area (Å²) in [4.78, 5) is 0. The van der Waals surface area contributed by atoms with E-state index in [9.17, 15) is 52.0 Å². The third-order valence-electron chi connectivity index (χ3n) is 2.04. The molecule has 0 aliphatic rings. The van der Waals surface area contributed by atoms with Crippen molar-refractivity contribution < 1.29 is 68.1 Å². The predicted molar refractivity (Wildman–Crippen MR) is 71.3 cm³/mol. The van der Waals surface area contributed by atoms with E-state index in [1.165, 1.54) is 0 Å². The van der Waals surface area contributed by atoms with Gasteiger partial charge in [0.25, 0.3) is 0 Å². The van der Waals surface area contributed by atoms with Crippen LogP contribution in [0.1, 0.15) is 0 Å². The van der Waals surface area contributed by atoms with Crippen molar-refractivity contribution in [3.05, 3.63) is 0 Å². The molecule has 164 valence electrons. The van der Waals surface area contributed by atoms with Gasteiger partial charge in [-0.3, -0.25) is 7.74 Å². The van der Waals surface area contributed by atoms with E-state index >= 15 is 0 Å². The minimum absolute atomic E-state index is 0.616. The molecular weight excluding hydrogens is 468 g/mol. The van der Waals surface area contributed by atoms with Gasteiger partial charge in [-0.2, -0.15) is 34.4 Å². The Morgan fingerprint density at radius 3 is 1.22 bits per heavy atom. The summed E-state index contributed by atoms with van der Waals surface area (Å²) in [7, 11) is -15.5. The molecule has 19 heteroatoms. The van der Waals surface area contributed by atoms with E-state index in [4.69, 9.17) is 0 Å². The summed E-state index contributed by atoms with van der Waals surface area (Å²) in [5.41, 5.74) is 0. The van der Waals surface area contributed by atoms with Crippen molar-refractivity contribution in [2.45, 2.75) is 37.8 Å². The van der Waals surface area contributed by atoms with Crippen LogP contribution in [0.25, 0.3) is 0 Å². The lowest BCUT2D eigenvalue weighted by Crippen LogP contribution is -2.43. The molecule has 0 spiro atoms. The van der Waals surface area contributed by atoms with E-state index < -0.39 is 67.3 Å². The van der Waals surface area contributed by atoms with Gasteiger partial charge in [-0.05, 0) is 13.1 Å². The summed E-state index contributed by atoms with van der Waals surface area (Å²) in [5, 5.41) is 0. The standard InChI is InChI=1S/C8H12F8O8S2Si/c1-27(2,23-25(17,18)21-3-7(13,14)5(9)10)24-26(19,20)22-4-8(15,16)6(11)12/h5-6H,3-4H2,1-2H3. The molecule has 0 aromatic rings. The first-order chi connectivity index (χ1) is 11.7. The average molecular weight is 480 g/mol. The van der Waals surface area contributed by atoms with Crippen molar-refractivity contribution in [3.63, 3.8) is 0 Å². The molecule has 27 heavy (non-hydrogen) atoms. The zero-order valence-corrected chi connectivity index (χ0v) is 15.8. The van der Waals surface area contributed by atoms with Gasteiger partial charge < -0.3 is 0 Å². The first-order valence-electron chi connectivity index (χ1n) is 6.23. The molecule has 0 aliphatic carbocycles. The molecule has 0 atom stereocenters. The summed E-state index contributed by atoms with van der Waals surface area (Å²) in [6.07, 6.45) is -8.58. The maximum atomic E-state index is 12.6. The Bertz CT molecular complexity index is 637. The first kappa shape index (κ1) is 26.4. The molecule has 0 rings (SSSR count). The lowest BCUT2D eigenvalue weighted by Gasteiger charge is -2.22. The highest BCUT2D eigenvalue weighted by molar-refractivity contribution is 7.84. The molecule has 0 aromatic heterocycles. The molecule has 8 nitrogen and oxygen atoms in total. The van der Waals surface area contributed by atoms with Gasteiger partial charge in [-0.15, -0.1) is 0 Å². The van der Waals surface area contributed by atoms with Crippen molar-refractivity contribution in [3.8, 4) is 0 Å². The van der Waals surface area contributed by atoms with E-state index in [1.54, 1.807) is 0 Å². The number of halogens is 8. The molecule has 0 saturated heterocycles. The van der Waals surface area contributed by atoms with Gasteiger partial charge in [0.1, 0.15) is 13.2 Å². The van der Waals surface area contributed by atoms with Crippen LogP contribution in [0.2, 0.25) is 13.1 Å². The fourth-order valence-electron chi connectivity index (χ4n) is 0.981. The zero-order valence-electron chi connectivity index (χ0n) is 13.2. The quantitative estimate of drug-likeness (QED) is 0.309. The number of alkyl halides is 8. The molecule has 0 amide bonds. The van der Waals surface area contributed by atoms with E-state index in [0.29, 0.717) is 13.1 Å². The minimum atomic E-state index is -5.50. The van der Waals surface area contributed by atoms with Crippen LogP contribution in [0.5, 0.6) is 0 Å². The second-order valence-electron chi connectivity index (χ2n) is 5.03. The van der Waals surface area contributed by atoms with E-state index in [-0.39, 0.29) is 0 Å². The normalized spacial score (nSPS) is 15.0. The van der Waals surface area contributed by atoms with Gasteiger partial charge in [0.2, 0.25) is 0 Å². The Balaban J connectivity index is 4.95. The summed E-state index contributed by atoms with van der Waals surface area (Å²) >= 11 is 0. The second kappa shape index (κ2) is 8.82. The van der Waals surface area contributed by atoms with Gasteiger partial charge in [0.05, 0.1) is 0 Å². The molecule has 0 saturated carbocycles. The third kappa shape index (κ3) is 9.94. The van der Waals surface area contributed by atoms with Crippen LogP contribution in [-0.2, 0) is 36.9 Å². The highest BCUT2D eigenvalue weighted by Crippen LogP contribution is 2.26. The molecule has 0 fully saturated rings. The lowest BCUT2D eigenvalue weighted by atomic mass is 10.4. The Hall–Kier alpha value is -0.603. The fourth-order valence-corrected chi connectivity index (χ4v) is 6.26. The van der Waals surface area contributed by atoms with Gasteiger partial charge in [0.15, 0.2) is 0 Å². The largest absolute Gasteiger partial charge is 0.392 e. The Kier molecular flexibility index (Phi) is 8.62. The van der Waals surface area contributed by atoms with Crippen LogP contribution in [0.3, 0.4) is 0 Å². The van der Waals surface area contributed by atoms with Crippen molar-refractivity contribution in [2.75, 3.05) is 13.2 Å². The number of hydrogen-bond acceptors (Lipinski definition) is 8. The highest BCUT2D eigenvalue weighted by Gasteiger charge is 2.46. The molecule has 0 bridgehead atoms. The second-order valence-corrected chi connectivity index (χ2v) is 11.3. The third-order valence-corrected chi connectivity index (χ3v) is 7.69. The average Bonchev–Trinajstić information content (AvgIpc) is 2.41. The first-order valence-corrected chi connectivity index (χ1v) is 11.7. The number of hydrogen-bond donors (Lipinski definition) is 0. The van der Waals surface area contributed by atoms with Gasteiger partial charge in [0, 0.05) is 0 Å². The van der Waals surface area contributed by atoms with E-state index in [2.05, 4.69) is 16.1 Å². The van der Waals surface area contributed by atoms with Crippen molar-refractivity contribution >= 4 is 29.4 Å². The van der Waals surface area contributed by atoms with E-state index in [0.717, 1.165) is 0 Å². The molecule has 0 radical (unpaired) electrons. The number of rotatable bonds is 12. The van der Waals surface area contributed by atoms with Gasteiger partial charge in [-0.25, -0.2) is 25.9 Å². The zero-order chi connectivity index (χ0) is 21.9. The van der Waals surface area contributed by atoms with Crippen LogP contribution in [-0.4, -0.2) is 63.3 Å². The molecule has 0 N–H and O–H groups in total. The summed E-state index contributed by atoms with van der Waals surface area (Å²) in [5.74, 6) is -9.78. The minimum Gasteiger partial charge on any atom is -0.262 e. The molecule has 0 heterocycles. The van der Waals surface area contributed by atoms with Crippen molar-refractivity contribution in [1.82, 2.24) is 0 Å². The van der Waals surface area contributed by atoms with E-state index in [1.807, 2.05) is 0 Å². The van der Waals surface area contributed by atoms with Crippen molar-refractivity contribution in [1.29, 1.82) is 0 Å². The van der Waals surface area contributed by atoms with Crippen molar-refractivity contribution in [2.24, 2.45) is 0 Å². The fraction of sp³-hybridized carbons (Fsp3) is 1.00. The van der Waals surface area contributed by atoms with Gasteiger partial charge >= 0.3 is 54.1 Å². The molecule has 0 unspecified atom stereocenters. The smallest absolute Gasteiger partial charge is 0.262 e. The maximum Gasteiger partial charge on any atom is 0.392 e. The predicted octanol–water partition coefficient (Wildman–Crippen LogP) is 2.04. The molecular formula is C8H12F8O8S2Si. The monoisotopic (exact) mass is 480 g/mol. The van der Waals surface area contributed by atoms with Crippen LogP contribution in [0.4, 0.5) is 35.1 Å². The van der Waals surface area contributed by atoms with Crippen LogP contribution >= 0.6 is 0 Å². The lowest BCUT2D eigenvalue weighted by molar-refractivity contribution is -0.148.